The highest BCUT2D eigenvalue weighted by molar-refractivity contribution is 5.94. The molecule has 0 bridgehead atoms. The smallest absolute Gasteiger partial charge is 0.343 e. The Morgan fingerprint density at radius 3 is 2.19 bits per heavy atom. The van der Waals surface area contributed by atoms with E-state index in [0.717, 1.165) is 0 Å². The van der Waals surface area contributed by atoms with Crippen molar-refractivity contribution in [2.45, 2.75) is 75.7 Å². The minimum absolute atomic E-state index is 0.792. The molecule has 170 valence electrons. The minimum atomic E-state index is -2.40. The average Bonchev–Trinajstić information content (AvgIpc) is 3.35. The molecule has 6 rings (SSSR count). The summed E-state index contributed by atoms with van der Waals surface area (Å²) in [5.41, 5.74) is -9.40. The van der Waals surface area contributed by atoms with Crippen LogP contribution < -0.4 is 0 Å². The summed E-state index contributed by atoms with van der Waals surface area (Å²) in [4.78, 5) is 38.3. The Labute approximate surface area is 176 Å². The van der Waals surface area contributed by atoms with Gasteiger partial charge in [-0.25, -0.2) is 9.59 Å². The number of hydrogen-bond acceptors (Lipinski definition) is 11. The molecule has 11 nitrogen and oxygen atoms in total. The summed E-state index contributed by atoms with van der Waals surface area (Å²) in [5, 5.41) is 46.1. The Kier molecular flexibility index (Phi) is 3.15. The third kappa shape index (κ3) is 1.43. The van der Waals surface area contributed by atoms with Crippen molar-refractivity contribution in [3.63, 3.8) is 0 Å². The van der Waals surface area contributed by atoms with Crippen LogP contribution in [0.2, 0.25) is 0 Å². The number of aliphatic hydroxyl groups excluding tert-OH is 3. The molecular weight excluding hydrogens is 416 g/mol. The lowest BCUT2D eigenvalue weighted by atomic mass is 9.51. The van der Waals surface area contributed by atoms with Gasteiger partial charge in [0.15, 0.2) is 17.8 Å². The number of fused-ring (bicyclic) bond motifs is 1. The van der Waals surface area contributed by atoms with Crippen LogP contribution in [-0.2, 0) is 33.3 Å². The first-order chi connectivity index (χ1) is 14.3. The van der Waals surface area contributed by atoms with Crippen molar-refractivity contribution in [2.24, 2.45) is 28.1 Å². The molecule has 4 heterocycles. The molecule has 2 unspecified atom stereocenters. The van der Waals surface area contributed by atoms with Crippen LogP contribution in [0.1, 0.15) is 27.7 Å². The second-order valence-electron chi connectivity index (χ2n) is 10.8. The molecule has 0 radical (unpaired) electrons. The van der Waals surface area contributed by atoms with Crippen molar-refractivity contribution in [3.05, 3.63) is 0 Å². The van der Waals surface area contributed by atoms with Gasteiger partial charge in [-0.05, 0) is 12.3 Å². The van der Waals surface area contributed by atoms with E-state index in [1.165, 1.54) is 6.92 Å². The number of rotatable bonds is 0. The fourth-order valence-electron chi connectivity index (χ4n) is 8.27. The second-order valence-corrected chi connectivity index (χ2v) is 10.8. The van der Waals surface area contributed by atoms with Crippen LogP contribution in [0.15, 0.2) is 0 Å². The maximum absolute atomic E-state index is 13.4. The van der Waals surface area contributed by atoms with E-state index in [-0.39, 0.29) is 0 Å². The quantitative estimate of drug-likeness (QED) is 0.234. The zero-order valence-electron chi connectivity index (χ0n) is 17.3. The second kappa shape index (κ2) is 4.91. The Morgan fingerprint density at radius 2 is 1.58 bits per heavy atom. The molecule has 31 heavy (non-hydrogen) atoms. The molecule has 4 N–H and O–H groups in total. The largest absolute Gasteiger partial charge is 0.456 e. The molecule has 0 aromatic carbocycles. The highest BCUT2D eigenvalue weighted by atomic mass is 16.8. The van der Waals surface area contributed by atoms with Crippen LogP contribution in [0.5, 0.6) is 0 Å². The number of esters is 3. The number of carbonyl (C=O) groups excluding carboxylic acids is 3. The molecule has 12 atom stereocenters. The van der Waals surface area contributed by atoms with E-state index < -0.39 is 94.0 Å². The molecular formula is C20H24O11. The summed E-state index contributed by atoms with van der Waals surface area (Å²) in [6, 6.07) is 0. The minimum Gasteiger partial charge on any atom is -0.456 e. The molecule has 4 saturated heterocycles. The molecule has 2 aliphatic carbocycles. The van der Waals surface area contributed by atoms with Crippen molar-refractivity contribution >= 4 is 17.9 Å². The fraction of sp³-hybridized carbons (Fsp3) is 0.850. The van der Waals surface area contributed by atoms with Gasteiger partial charge in [0.1, 0.15) is 12.2 Å². The van der Waals surface area contributed by atoms with Crippen LogP contribution in [-0.4, -0.2) is 86.3 Å². The normalized spacial score (nSPS) is 61.0. The van der Waals surface area contributed by atoms with E-state index in [1.807, 2.05) is 0 Å². The van der Waals surface area contributed by atoms with E-state index in [9.17, 15) is 34.8 Å². The van der Waals surface area contributed by atoms with Gasteiger partial charge < -0.3 is 39.4 Å². The lowest BCUT2D eigenvalue weighted by Crippen LogP contribution is -2.67. The van der Waals surface area contributed by atoms with Crippen molar-refractivity contribution in [1.82, 2.24) is 0 Å². The van der Waals surface area contributed by atoms with Gasteiger partial charge >= 0.3 is 17.9 Å². The summed E-state index contributed by atoms with van der Waals surface area (Å²) in [6.45, 7) is 6.63. The third-order valence-electron chi connectivity index (χ3n) is 8.95. The molecule has 11 heteroatoms. The van der Waals surface area contributed by atoms with Crippen molar-refractivity contribution < 1.29 is 53.8 Å². The van der Waals surface area contributed by atoms with Gasteiger partial charge in [0.2, 0.25) is 11.9 Å². The predicted molar refractivity (Wildman–Crippen MR) is 93.4 cm³/mol. The van der Waals surface area contributed by atoms with Gasteiger partial charge in [-0.1, -0.05) is 20.8 Å². The van der Waals surface area contributed by atoms with Crippen LogP contribution >= 0.6 is 0 Å². The van der Waals surface area contributed by atoms with Gasteiger partial charge in [-0.15, -0.1) is 0 Å². The molecule has 4 aliphatic heterocycles. The van der Waals surface area contributed by atoms with E-state index in [4.69, 9.17) is 18.9 Å². The first-order valence-corrected chi connectivity index (χ1v) is 10.3. The summed E-state index contributed by atoms with van der Waals surface area (Å²) in [6.07, 6.45) is -9.69. The van der Waals surface area contributed by atoms with Gasteiger partial charge in [0.05, 0.1) is 22.9 Å². The van der Waals surface area contributed by atoms with Gasteiger partial charge in [0.25, 0.3) is 0 Å². The number of aliphatic hydroxyl groups is 4. The Bertz CT molecular complexity index is 957. The molecule has 0 aromatic heterocycles. The zero-order chi connectivity index (χ0) is 22.7. The maximum Gasteiger partial charge on any atom is 0.343 e. The fourth-order valence-corrected chi connectivity index (χ4v) is 8.27. The first-order valence-electron chi connectivity index (χ1n) is 10.3. The summed E-state index contributed by atoms with van der Waals surface area (Å²) < 4.78 is 22.2. The third-order valence-corrected chi connectivity index (χ3v) is 8.95. The van der Waals surface area contributed by atoms with Crippen molar-refractivity contribution in [3.8, 4) is 0 Å². The summed E-state index contributed by atoms with van der Waals surface area (Å²) >= 11 is 0. The van der Waals surface area contributed by atoms with Gasteiger partial charge in [0, 0.05) is 5.92 Å². The zero-order valence-corrected chi connectivity index (χ0v) is 17.3. The van der Waals surface area contributed by atoms with Crippen LogP contribution in [0.25, 0.3) is 0 Å². The van der Waals surface area contributed by atoms with Crippen LogP contribution in [0.3, 0.4) is 0 Å². The van der Waals surface area contributed by atoms with Crippen molar-refractivity contribution in [2.75, 3.05) is 0 Å². The molecule has 0 aromatic rings. The molecule has 0 amide bonds. The Morgan fingerprint density at radius 1 is 0.935 bits per heavy atom. The number of carbonyl (C=O) groups is 3. The van der Waals surface area contributed by atoms with Crippen LogP contribution in [0.4, 0.5) is 0 Å². The molecule has 2 saturated carbocycles. The van der Waals surface area contributed by atoms with E-state index in [0.29, 0.717) is 0 Å². The highest BCUT2D eigenvalue weighted by Crippen LogP contribution is 2.84. The highest BCUT2D eigenvalue weighted by Gasteiger charge is 3.05. The van der Waals surface area contributed by atoms with E-state index in [1.54, 1.807) is 20.8 Å². The standard InChI is InChI=1S/C20H24O11/c1-5-12(24)28-11-8(22)18-10-6(21)7(16(2,3)4)17(18)9(23)13(25)30-15(17)31-20(18,14(26)29-10)19(5,11)27/h5-11,15,21-23,27H,1-4H3/t5-,6-,7+,8+,9+,10+,11+,15-,17?,18?,19-,20-/m1/s1. The Balaban J connectivity index is 1.75. The summed E-state index contributed by atoms with van der Waals surface area (Å²) in [5.74, 6) is -5.22. The molecule has 6 fully saturated rings. The predicted octanol–water partition coefficient (Wildman–Crippen LogP) is -2.40. The van der Waals surface area contributed by atoms with Gasteiger partial charge in [-0.3, -0.25) is 4.79 Å². The van der Waals surface area contributed by atoms with Gasteiger partial charge in [-0.2, -0.15) is 0 Å². The molecule has 2 spiro atoms. The SMILES string of the molecule is C[C@@H]1C(=O)O[C@H]2[C@H](O)C34[C@H]5OC(=O)[C@]3(O[C@H]3OC(=O)[C@H](O)C34[C@H](C(C)(C)C)[C@H]5O)[C@@]12O. The van der Waals surface area contributed by atoms with Crippen LogP contribution in [0, 0.1) is 28.1 Å². The monoisotopic (exact) mass is 440 g/mol. The topological polar surface area (TPSA) is 169 Å². The first kappa shape index (κ1) is 19.9. The lowest BCUT2D eigenvalue weighted by molar-refractivity contribution is -0.240. The maximum atomic E-state index is 13.4. The van der Waals surface area contributed by atoms with E-state index >= 15 is 0 Å². The lowest BCUT2D eigenvalue weighted by Gasteiger charge is -2.47. The molecule has 6 aliphatic rings. The Hall–Kier alpha value is -1.79. The van der Waals surface area contributed by atoms with Crippen molar-refractivity contribution in [1.29, 1.82) is 0 Å². The average molecular weight is 440 g/mol. The number of ether oxygens (including phenoxy) is 4. The van der Waals surface area contributed by atoms with E-state index in [2.05, 4.69) is 0 Å². The number of hydrogen-bond donors (Lipinski definition) is 4. The summed E-state index contributed by atoms with van der Waals surface area (Å²) in [7, 11) is 0.